The Morgan fingerprint density at radius 2 is 1.62 bits per heavy atom. The molecular formula is C16H22O6S2. The van der Waals surface area contributed by atoms with Crippen LogP contribution in [0.1, 0.15) is 43.6 Å². The van der Waals surface area contributed by atoms with E-state index in [2.05, 4.69) is 0 Å². The summed E-state index contributed by atoms with van der Waals surface area (Å²) in [5.74, 6) is -1.54. The molecule has 1 N–H and O–H groups in total. The van der Waals surface area contributed by atoms with Crippen LogP contribution in [-0.4, -0.2) is 40.4 Å². The minimum Gasteiger partial charge on any atom is -0.481 e. The summed E-state index contributed by atoms with van der Waals surface area (Å²) in [6, 6.07) is 3.82. The highest BCUT2D eigenvalue weighted by molar-refractivity contribution is 7.93. The van der Waals surface area contributed by atoms with E-state index in [1.807, 2.05) is 0 Å². The van der Waals surface area contributed by atoms with Crippen molar-refractivity contribution in [1.29, 1.82) is 0 Å². The van der Waals surface area contributed by atoms with Crippen LogP contribution in [-0.2, 0) is 24.5 Å². The predicted octanol–water partition coefficient (Wildman–Crippen LogP) is 2.24. The lowest BCUT2D eigenvalue weighted by molar-refractivity contribution is -0.139. The van der Waals surface area contributed by atoms with Crippen LogP contribution in [0, 0.1) is 5.92 Å². The molecule has 0 aromatic heterocycles. The van der Waals surface area contributed by atoms with Gasteiger partial charge in [-0.15, -0.1) is 0 Å². The molecule has 1 aliphatic rings. The van der Waals surface area contributed by atoms with Gasteiger partial charge in [-0.25, -0.2) is 16.8 Å². The van der Waals surface area contributed by atoms with Crippen molar-refractivity contribution in [3.63, 3.8) is 0 Å². The van der Waals surface area contributed by atoms with E-state index in [9.17, 15) is 26.7 Å². The fourth-order valence-electron chi connectivity index (χ4n) is 3.30. The van der Waals surface area contributed by atoms with Crippen LogP contribution in [0.2, 0.25) is 0 Å². The van der Waals surface area contributed by atoms with E-state index >= 15 is 0 Å². The minimum atomic E-state index is -3.80. The van der Waals surface area contributed by atoms with E-state index in [0.29, 0.717) is 17.9 Å². The van der Waals surface area contributed by atoms with Crippen LogP contribution in [0.3, 0.4) is 0 Å². The second-order valence-electron chi connectivity index (χ2n) is 6.53. The van der Waals surface area contributed by atoms with Crippen molar-refractivity contribution in [1.82, 2.24) is 0 Å². The maximum atomic E-state index is 12.0. The van der Waals surface area contributed by atoms with Crippen molar-refractivity contribution in [3.8, 4) is 0 Å². The molecular weight excluding hydrogens is 352 g/mol. The van der Waals surface area contributed by atoms with Crippen LogP contribution in [0.4, 0.5) is 0 Å². The fourth-order valence-corrected chi connectivity index (χ4v) is 5.73. The quantitative estimate of drug-likeness (QED) is 0.818. The van der Waals surface area contributed by atoms with Gasteiger partial charge in [0.05, 0.1) is 15.7 Å². The van der Waals surface area contributed by atoms with Crippen LogP contribution in [0.5, 0.6) is 0 Å². The molecule has 1 atom stereocenters. The summed E-state index contributed by atoms with van der Waals surface area (Å²) in [4.78, 5) is 11.0. The summed E-state index contributed by atoms with van der Waals surface area (Å²) >= 11 is 0. The Morgan fingerprint density at radius 1 is 1.08 bits per heavy atom. The highest BCUT2D eigenvalue weighted by Gasteiger charge is 2.29. The predicted molar refractivity (Wildman–Crippen MR) is 89.6 cm³/mol. The molecule has 1 fully saturated rings. The number of carboxylic acid groups (broad SMARTS) is 1. The number of aliphatic carboxylic acids is 1. The Morgan fingerprint density at radius 3 is 2.08 bits per heavy atom. The van der Waals surface area contributed by atoms with Crippen LogP contribution in [0.25, 0.3) is 0 Å². The van der Waals surface area contributed by atoms with Crippen molar-refractivity contribution < 1.29 is 26.7 Å². The normalized spacial score (nSPS) is 17.8. The SMILES string of the molecule is CS(=O)(=O)c1ccc(C(CC2CCCC2)C(=O)O)cc1S(C)(=O)=O. The average Bonchev–Trinajstić information content (AvgIpc) is 2.95. The van der Waals surface area contributed by atoms with E-state index in [1.165, 1.54) is 18.2 Å². The van der Waals surface area contributed by atoms with E-state index in [0.717, 1.165) is 38.2 Å². The first kappa shape index (κ1) is 18.9. The van der Waals surface area contributed by atoms with E-state index in [1.54, 1.807) is 0 Å². The summed E-state index contributed by atoms with van der Waals surface area (Å²) in [5.41, 5.74) is 0.335. The molecule has 0 heterocycles. The lowest BCUT2D eigenvalue weighted by Crippen LogP contribution is -2.16. The first-order chi connectivity index (χ1) is 11.0. The Hall–Kier alpha value is -1.41. The molecule has 1 aromatic carbocycles. The molecule has 8 heteroatoms. The third-order valence-corrected chi connectivity index (χ3v) is 6.93. The molecule has 0 bridgehead atoms. The summed E-state index contributed by atoms with van der Waals surface area (Å²) in [5, 5.41) is 9.54. The summed E-state index contributed by atoms with van der Waals surface area (Å²) in [6.07, 6.45) is 6.42. The van der Waals surface area contributed by atoms with E-state index in [4.69, 9.17) is 0 Å². The zero-order valence-corrected chi connectivity index (χ0v) is 15.4. The molecule has 1 unspecified atom stereocenters. The molecule has 0 amide bonds. The first-order valence-electron chi connectivity index (χ1n) is 7.77. The van der Waals surface area contributed by atoms with Crippen molar-refractivity contribution in [2.75, 3.05) is 12.5 Å². The second kappa shape index (κ2) is 6.84. The van der Waals surface area contributed by atoms with E-state index < -0.39 is 31.6 Å². The van der Waals surface area contributed by atoms with Gasteiger partial charge >= 0.3 is 5.97 Å². The molecule has 1 aliphatic carbocycles. The minimum absolute atomic E-state index is 0.293. The van der Waals surface area contributed by atoms with Gasteiger partial charge in [0, 0.05) is 12.5 Å². The molecule has 134 valence electrons. The molecule has 0 aliphatic heterocycles. The van der Waals surface area contributed by atoms with Crippen molar-refractivity contribution >= 4 is 25.6 Å². The van der Waals surface area contributed by atoms with Crippen molar-refractivity contribution in [2.24, 2.45) is 5.92 Å². The lowest BCUT2D eigenvalue weighted by Gasteiger charge is -2.18. The molecule has 0 radical (unpaired) electrons. The van der Waals surface area contributed by atoms with Gasteiger partial charge in [-0.3, -0.25) is 4.79 Å². The zero-order chi connectivity index (χ0) is 18.1. The van der Waals surface area contributed by atoms with E-state index in [-0.39, 0.29) is 9.79 Å². The maximum absolute atomic E-state index is 12.0. The van der Waals surface area contributed by atoms with Crippen LogP contribution >= 0.6 is 0 Å². The number of sulfone groups is 2. The summed E-state index contributed by atoms with van der Waals surface area (Å²) < 4.78 is 47.6. The number of benzene rings is 1. The molecule has 0 spiro atoms. The number of hydrogen-bond acceptors (Lipinski definition) is 5. The second-order valence-corrected chi connectivity index (χ2v) is 10.5. The van der Waals surface area contributed by atoms with Gasteiger partial charge in [0.2, 0.25) is 0 Å². The Labute approximate surface area is 142 Å². The number of carboxylic acids is 1. The maximum Gasteiger partial charge on any atom is 0.310 e. The highest BCUT2D eigenvalue weighted by Crippen LogP contribution is 2.35. The van der Waals surface area contributed by atoms with Gasteiger partial charge < -0.3 is 5.11 Å². The molecule has 0 saturated heterocycles. The first-order valence-corrected chi connectivity index (χ1v) is 11.6. The highest BCUT2D eigenvalue weighted by atomic mass is 32.2. The van der Waals surface area contributed by atoms with Gasteiger partial charge in [0.1, 0.15) is 0 Å². The standard InChI is InChI=1S/C16H22O6S2/c1-23(19,20)14-8-7-12(10-15(14)24(2,21)22)13(16(17)18)9-11-5-3-4-6-11/h7-8,10-11,13H,3-6,9H2,1-2H3,(H,17,18). The molecule has 6 nitrogen and oxygen atoms in total. The molecule has 1 aromatic rings. The third-order valence-electron chi connectivity index (χ3n) is 4.51. The monoisotopic (exact) mass is 374 g/mol. The van der Waals surface area contributed by atoms with Crippen molar-refractivity contribution in [3.05, 3.63) is 23.8 Å². The lowest BCUT2D eigenvalue weighted by atomic mass is 9.88. The largest absolute Gasteiger partial charge is 0.481 e. The number of hydrogen-bond donors (Lipinski definition) is 1. The third kappa shape index (κ3) is 4.36. The summed E-state index contributed by atoms with van der Waals surface area (Å²) in [6.45, 7) is 0. The van der Waals surface area contributed by atoms with Gasteiger partial charge in [-0.2, -0.15) is 0 Å². The van der Waals surface area contributed by atoms with Gasteiger partial charge in [-0.1, -0.05) is 31.7 Å². The molecule has 1 saturated carbocycles. The topological polar surface area (TPSA) is 106 Å². The number of rotatable bonds is 6. The van der Waals surface area contributed by atoms with Crippen LogP contribution < -0.4 is 0 Å². The zero-order valence-electron chi connectivity index (χ0n) is 13.7. The summed E-state index contributed by atoms with van der Waals surface area (Å²) in [7, 11) is -7.53. The Balaban J connectivity index is 2.50. The van der Waals surface area contributed by atoms with Gasteiger partial charge in [0.25, 0.3) is 0 Å². The number of carbonyl (C=O) groups is 1. The van der Waals surface area contributed by atoms with Gasteiger partial charge in [-0.05, 0) is 30.0 Å². The Kier molecular flexibility index (Phi) is 5.39. The molecule has 2 rings (SSSR count). The smallest absolute Gasteiger partial charge is 0.310 e. The molecule has 24 heavy (non-hydrogen) atoms. The Bertz CT molecular complexity index is 833. The average molecular weight is 374 g/mol. The van der Waals surface area contributed by atoms with Gasteiger partial charge in [0.15, 0.2) is 19.7 Å². The van der Waals surface area contributed by atoms with Crippen molar-refractivity contribution in [2.45, 2.75) is 47.8 Å². The fraction of sp³-hybridized carbons (Fsp3) is 0.562. The van der Waals surface area contributed by atoms with Crippen LogP contribution in [0.15, 0.2) is 28.0 Å².